The molecule has 0 saturated carbocycles. The lowest BCUT2D eigenvalue weighted by molar-refractivity contribution is 0.0597. The van der Waals surface area contributed by atoms with E-state index in [1.54, 1.807) is 19.1 Å². The molecule has 1 aliphatic rings. The molecular weight excluding hydrogens is 420 g/mol. The molecule has 0 radical (unpaired) electrons. The van der Waals surface area contributed by atoms with Crippen molar-refractivity contribution in [2.75, 3.05) is 12.4 Å². The minimum absolute atomic E-state index is 0.0110. The number of carbonyl (C=O) groups excluding carboxylic acids is 4. The van der Waals surface area contributed by atoms with Crippen LogP contribution in [0.3, 0.4) is 0 Å². The van der Waals surface area contributed by atoms with Crippen LogP contribution in [0.5, 0.6) is 0 Å². The normalized spacial score (nSPS) is 12.8. The number of benzene rings is 1. The summed E-state index contributed by atoms with van der Waals surface area (Å²) >= 11 is 1.26. The summed E-state index contributed by atoms with van der Waals surface area (Å²) in [6, 6.07) is 7.66. The Hall–Kier alpha value is -3.72. The summed E-state index contributed by atoms with van der Waals surface area (Å²) in [4.78, 5) is 52.3. The van der Waals surface area contributed by atoms with Gasteiger partial charge in [-0.15, -0.1) is 11.3 Å². The smallest absolute Gasteiger partial charge is 0.341 e. The molecule has 3 aromatic rings. The molecule has 158 valence electrons. The zero-order valence-corrected chi connectivity index (χ0v) is 17.8. The molecule has 2 aromatic heterocycles. The lowest BCUT2D eigenvalue weighted by atomic mass is 10.1. The zero-order valence-electron chi connectivity index (χ0n) is 17.0. The van der Waals surface area contributed by atoms with Gasteiger partial charge in [-0.05, 0) is 49.7 Å². The molecule has 8 nitrogen and oxygen atoms in total. The van der Waals surface area contributed by atoms with Gasteiger partial charge >= 0.3 is 5.97 Å². The molecule has 0 unspecified atom stereocenters. The molecule has 31 heavy (non-hydrogen) atoms. The number of nitrogens with one attached hydrogen (secondary N) is 1. The summed E-state index contributed by atoms with van der Waals surface area (Å²) in [5, 5.41) is 3.09. The van der Waals surface area contributed by atoms with E-state index >= 15 is 0 Å². The summed E-state index contributed by atoms with van der Waals surface area (Å²) in [6.07, 6.45) is 1.46. The van der Waals surface area contributed by atoms with Crippen LogP contribution < -0.4 is 5.32 Å². The van der Waals surface area contributed by atoms with Crippen LogP contribution in [-0.2, 0) is 11.3 Å². The van der Waals surface area contributed by atoms with E-state index in [9.17, 15) is 19.2 Å². The lowest BCUT2D eigenvalue weighted by Gasteiger charge is -2.11. The van der Waals surface area contributed by atoms with E-state index in [4.69, 9.17) is 9.15 Å². The van der Waals surface area contributed by atoms with E-state index in [1.807, 2.05) is 6.92 Å². The van der Waals surface area contributed by atoms with Gasteiger partial charge in [0.05, 0.1) is 36.6 Å². The number of hydrogen-bond acceptors (Lipinski definition) is 7. The first-order valence-corrected chi connectivity index (χ1v) is 10.2. The minimum Gasteiger partial charge on any atom is -0.467 e. The van der Waals surface area contributed by atoms with Gasteiger partial charge in [-0.3, -0.25) is 19.3 Å². The fourth-order valence-corrected chi connectivity index (χ4v) is 4.42. The fourth-order valence-electron chi connectivity index (χ4n) is 3.37. The highest BCUT2D eigenvalue weighted by Gasteiger charge is 2.36. The lowest BCUT2D eigenvalue weighted by Crippen LogP contribution is -2.28. The molecule has 0 atom stereocenters. The molecule has 3 heterocycles. The first-order chi connectivity index (χ1) is 14.8. The molecule has 3 amide bonds. The van der Waals surface area contributed by atoms with E-state index < -0.39 is 23.7 Å². The van der Waals surface area contributed by atoms with Gasteiger partial charge in [0.2, 0.25) is 0 Å². The van der Waals surface area contributed by atoms with E-state index in [0.717, 1.165) is 15.3 Å². The SMILES string of the molecule is COC(=O)c1c(NC(=O)c2ccc3c(c2)C(=O)N(Cc2ccco2)C3=O)sc(C)c1C. The molecule has 1 N–H and O–H groups in total. The van der Waals surface area contributed by atoms with Gasteiger partial charge in [-0.2, -0.15) is 0 Å². The van der Waals surface area contributed by atoms with E-state index in [1.165, 1.54) is 42.9 Å². The first kappa shape index (κ1) is 20.5. The monoisotopic (exact) mass is 438 g/mol. The maximum Gasteiger partial charge on any atom is 0.341 e. The average molecular weight is 438 g/mol. The fraction of sp³-hybridized carbons (Fsp3) is 0.182. The number of carbonyl (C=O) groups is 4. The van der Waals surface area contributed by atoms with Crippen LogP contribution in [0.25, 0.3) is 0 Å². The second-order valence-electron chi connectivity index (χ2n) is 6.97. The highest BCUT2D eigenvalue weighted by molar-refractivity contribution is 7.16. The third-order valence-electron chi connectivity index (χ3n) is 5.13. The van der Waals surface area contributed by atoms with Gasteiger partial charge in [-0.25, -0.2) is 4.79 Å². The molecule has 0 saturated heterocycles. The molecule has 0 fully saturated rings. The highest BCUT2D eigenvalue weighted by Crippen LogP contribution is 2.33. The summed E-state index contributed by atoms with van der Waals surface area (Å²) in [5.74, 6) is -1.50. The number of methoxy groups -OCH3 is 1. The van der Waals surface area contributed by atoms with Gasteiger partial charge in [0.15, 0.2) is 0 Å². The number of imide groups is 1. The number of amides is 3. The van der Waals surface area contributed by atoms with Crippen LogP contribution in [0.4, 0.5) is 5.00 Å². The third kappa shape index (κ3) is 3.53. The predicted octanol–water partition coefficient (Wildman–Crippen LogP) is 3.79. The summed E-state index contributed by atoms with van der Waals surface area (Å²) in [5.41, 5.74) is 1.60. The molecule has 9 heteroatoms. The van der Waals surface area contributed by atoms with Gasteiger partial charge < -0.3 is 14.5 Å². The summed E-state index contributed by atoms with van der Waals surface area (Å²) < 4.78 is 10.0. The summed E-state index contributed by atoms with van der Waals surface area (Å²) in [6.45, 7) is 3.63. The molecular formula is C22H18N2O6S. The predicted molar refractivity (Wildman–Crippen MR) is 112 cm³/mol. The Morgan fingerprint density at radius 2 is 1.87 bits per heavy atom. The van der Waals surface area contributed by atoms with Crippen molar-refractivity contribution in [3.8, 4) is 0 Å². The number of ether oxygens (including phenoxy) is 1. The van der Waals surface area contributed by atoms with Gasteiger partial charge in [0.1, 0.15) is 10.8 Å². The number of nitrogens with zero attached hydrogens (tertiary/aromatic N) is 1. The Morgan fingerprint density at radius 1 is 1.13 bits per heavy atom. The maximum atomic E-state index is 12.8. The van der Waals surface area contributed by atoms with Crippen LogP contribution in [0, 0.1) is 13.8 Å². The molecule has 1 aliphatic heterocycles. The van der Waals surface area contributed by atoms with Crippen molar-refractivity contribution in [1.82, 2.24) is 4.90 Å². The van der Waals surface area contributed by atoms with Crippen molar-refractivity contribution in [2.24, 2.45) is 0 Å². The second-order valence-corrected chi connectivity index (χ2v) is 8.19. The Bertz CT molecular complexity index is 1230. The topological polar surface area (TPSA) is 106 Å². The maximum absolute atomic E-state index is 12.8. The van der Waals surface area contributed by atoms with Crippen molar-refractivity contribution in [3.63, 3.8) is 0 Å². The standard InChI is InChI=1S/C22H18N2O6S/c1-11-12(2)31-19(17(11)22(28)29-3)23-18(25)13-6-7-15-16(9-13)21(27)24(20(15)26)10-14-5-4-8-30-14/h4-9H,10H2,1-3H3,(H,23,25). The number of thiophene rings is 1. The van der Waals surface area contributed by atoms with Crippen molar-refractivity contribution in [1.29, 1.82) is 0 Å². The van der Waals surface area contributed by atoms with Crippen LogP contribution >= 0.6 is 11.3 Å². The van der Waals surface area contributed by atoms with E-state index in [-0.39, 0.29) is 23.2 Å². The Morgan fingerprint density at radius 3 is 2.55 bits per heavy atom. The van der Waals surface area contributed by atoms with Gasteiger partial charge in [0, 0.05) is 10.4 Å². The number of aryl methyl sites for hydroxylation is 1. The third-order valence-corrected chi connectivity index (χ3v) is 6.25. The molecule has 0 spiro atoms. The molecule has 4 rings (SSSR count). The number of anilines is 1. The van der Waals surface area contributed by atoms with Gasteiger partial charge in [0.25, 0.3) is 17.7 Å². The van der Waals surface area contributed by atoms with Crippen LogP contribution in [0.1, 0.15) is 57.6 Å². The van der Waals surface area contributed by atoms with Crippen LogP contribution in [0.15, 0.2) is 41.0 Å². The Labute approximate surface area is 181 Å². The van der Waals surface area contributed by atoms with Crippen molar-refractivity contribution >= 4 is 40.0 Å². The molecule has 0 bridgehead atoms. The minimum atomic E-state index is -0.541. The quantitative estimate of drug-likeness (QED) is 0.480. The summed E-state index contributed by atoms with van der Waals surface area (Å²) in [7, 11) is 1.28. The number of rotatable bonds is 5. The number of furan rings is 1. The van der Waals surface area contributed by atoms with Crippen molar-refractivity contribution in [3.05, 3.63) is 75.0 Å². The first-order valence-electron chi connectivity index (χ1n) is 9.34. The van der Waals surface area contributed by atoms with Crippen molar-refractivity contribution < 1.29 is 28.3 Å². The number of hydrogen-bond donors (Lipinski definition) is 1. The Kier molecular flexibility index (Phi) is 5.20. The Balaban J connectivity index is 1.60. The van der Waals surface area contributed by atoms with Crippen LogP contribution in [-0.4, -0.2) is 35.7 Å². The van der Waals surface area contributed by atoms with E-state index in [2.05, 4.69) is 5.32 Å². The largest absolute Gasteiger partial charge is 0.467 e. The van der Waals surface area contributed by atoms with Crippen molar-refractivity contribution in [2.45, 2.75) is 20.4 Å². The zero-order chi connectivity index (χ0) is 22.3. The van der Waals surface area contributed by atoms with E-state index in [0.29, 0.717) is 16.3 Å². The number of fused-ring (bicyclic) bond motifs is 1. The molecule has 1 aromatic carbocycles. The number of esters is 1. The highest BCUT2D eigenvalue weighted by atomic mass is 32.1. The molecule has 0 aliphatic carbocycles. The average Bonchev–Trinajstić information content (AvgIpc) is 3.43. The van der Waals surface area contributed by atoms with Gasteiger partial charge in [-0.1, -0.05) is 0 Å². The van der Waals surface area contributed by atoms with Crippen LogP contribution in [0.2, 0.25) is 0 Å². The second kappa shape index (κ2) is 7.84.